The lowest BCUT2D eigenvalue weighted by Crippen LogP contribution is -1.57. The van der Waals surface area contributed by atoms with E-state index in [9.17, 15) is 0 Å². The summed E-state index contributed by atoms with van der Waals surface area (Å²) < 4.78 is 0. The van der Waals surface area contributed by atoms with Gasteiger partial charge >= 0.3 is 0 Å². The van der Waals surface area contributed by atoms with Crippen LogP contribution in [0.25, 0.3) is 0 Å². The normalized spacial score (nSPS) is 5.14. The van der Waals surface area contributed by atoms with Crippen molar-refractivity contribution in [3.63, 3.8) is 0 Å². The third kappa shape index (κ3) is 5610. The first-order valence-corrected chi connectivity index (χ1v) is 2.05. The van der Waals surface area contributed by atoms with Crippen LogP contribution in [0, 0.1) is 0 Å². The molecule has 44 valence electrons. The average Bonchev–Trinajstić information content (AvgIpc) is 1.39. The van der Waals surface area contributed by atoms with Crippen molar-refractivity contribution in [2.24, 2.45) is 0 Å². The lowest BCUT2D eigenvalue weighted by atomic mass is 10.9. The van der Waals surface area contributed by atoms with E-state index in [2.05, 4.69) is 0 Å². The van der Waals surface area contributed by atoms with E-state index in [1.807, 2.05) is 0 Å². The number of aliphatic hydroxyl groups is 2. The molecule has 0 spiro atoms. The van der Waals surface area contributed by atoms with Crippen molar-refractivity contribution in [3.8, 4) is 0 Å². The van der Waals surface area contributed by atoms with Crippen molar-refractivity contribution in [1.82, 2.24) is 0 Å². The molecule has 0 saturated carbocycles. The predicted molar refractivity (Wildman–Crippen MR) is 31.3 cm³/mol. The van der Waals surface area contributed by atoms with Gasteiger partial charge in [-0.1, -0.05) is 0 Å². The van der Waals surface area contributed by atoms with Crippen LogP contribution in [0.2, 0.25) is 0 Å². The Morgan fingerprint density at radius 3 is 1.00 bits per heavy atom. The first-order valence-electron chi connectivity index (χ1n) is 2.05. The van der Waals surface area contributed by atoms with Gasteiger partial charge in [-0.3, -0.25) is 0 Å². The van der Waals surface area contributed by atoms with Gasteiger partial charge in [0.15, 0.2) is 0 Å². The summed E-state index contributed by atoms with van der Waals surface area (Å²) in [5.41, 5.74) is 0. The Morgan fingerprint density at radius 2 is 1.00 bits per heavy atom. The van der Waals surface area contributed by atoms with Crippen molar-refractivity contribution in [2.75, 3.05) is 13.2 Å². The Bertz CT molecular complexity index is 11.7. The fraction of sp³-hybridized carbons (Fsp3) is 1.00. The highest BCUT2D eigenvalue weighted by molar-refractivity contribution is 5.75. The largest absolute Gasteiger partial charge is 0.397 e. The quantitative estimate of drug-likeness (QED) is 0.428. The second-order valence-electron chi connectivity index (χ2n) is 0.632. The van der Waals surface area contributed by atoms with Crippen molar-refractivity contribution in [2.45, 2.75) is 13.8 Å². The Kier molecular flexibility index (Phi) is 79.6. The summed E-state index contributed by atoms with van der Waals surface area (Å²) in [6, 6.07) is 0. The van der Waals surface area contributed by atoms with E-state index in [4.69, 9.17) is 10.2 Å². The molecule has 0 aliphatic heterocycles. The summed E-state index contributed by atoms with van der Waals surface area (Å²) in [6.45, 7) is 3.86. The molecule has 2 nitrogen and oxygen atoms in total. The molecule has 2 N–H and O–H groups in total. The molecule has 0 saturated heterocycles. The molecule has 0 unspecified atom stereocenters. The first kappa shape index (κ1) is 15.7. The predicted octanol–water partition coefficient (Wildman–Crippen LogP) is -0.384. The van der Waals surface area contributed by atoms with Crippen molar-refractivity contribution < 1.29 is 10.2 Å². The van der Waals surface area contributed by atoms with Crippen molar-refractivity contribution in [3.05, 3.63) is 0 Å². The van der Waals surface area contributed by atoms with Gasteiger partial charge in [-0.2, -0.15) is 0 Å². The molecular weight excluding hydrogens is 108 g/mol. The summed E-state index contributed by atoms with van der Waals surface area (Å²) in [5, 5.41) is 15.1. The monoisotopic (exact) mass is 120 g/mol. The topological polar surface area (TPSA) is 40.5 Å². The zero-order valence-electron chi connectivity index (χ0n) is 4.81. The minimum absolute atomic E-state index is 0. The van der Waals surface area contributed by atoms with E-state index >= 15 is 0 Å². The molecule has 4 radical (unpaired) electrons. The van der Waals surface area contributed by atoms with E-state index in [1.54, 1.807) is 13.8 Å². The number of hydrogen-bond donors (Lipinski definition) is 2. The summed E-state index contributed by atoms with van der Waals surface area (Å²) in [4.78, 5) is 0. The molecule has 0 rings (SSSR count). The minimum Gasteiger partial charge on any atom is -0.397 e. The Balaban J connectivity index is -0.0000000400. The molecule has 0 aromatic carbocycles. The van der Waals surface area contributed by atoms with Crippen molar-refractivity contribution >= 4 is 11.0 Å². The minimum atomic E-state index is 0. The van der Waals surface area contributed by atoms with E-state index in [0.29, 0.717) is 0 Å². The van der Waals surface area contributed by atoms with Crippen LogP contribution in [0.4, 0.5) is 0 Å². The van der Waals surface area contributed by atoms with Gasteiger partial charge in [-0.15, -0.1) is 0 Å². The van der Waals surface area contributed by atoms with Gasteiger partial charge in [-0.05, 0) is 13.8 Å². The number of rotatable bonds is 0. The molecule has 0 atom stereocenters. The van der Waals surface area contributed by atoms with Gasteiger partial charge < -0.3 is 10.2 Å². The van der Waals surface area contributed by atoms with Crippen LogP contribution >= 0.6 is 0 Å². The Morgan fingerprint density at radius 1 is 1.00 bits per heavy atom. The third-order valence-corrected chi connectivity index (χ3v) is 0. The molecule has 3 heteroatoms. The lowest BCUT2D eigenvalue weighted by Gasteiger charge is -1.52. The fourth-order valence-corrected chi connectivity index (χ4v) is 0. The zero-order chi connectivity index (χ0) is 5.41. The van der Waals surface area contributed by atoms with Crippen LogP contribution in [-0.2, 0) is 0 Å². The number of aliphatic hydroxyl groups excluding tert-OH is 2. The van der Waals surface area contributed by atoms with Crippen LogP contribution in [0.15, 0.2) is 0 Å². The summed E-state index contributed by atoms with van der Waals surface area (Å²) in [5.74, 6) is 0. The summed E-state index contributed by atoms with van der Waals surface area (Å²) >= 11 is 0. The van der Waals surface area contributed by atoms with Crippen LogP contribution < -0.4 is 0 Å². The van der Waals surface area contributed by atoms with Crippen molar-refractivity contribution in [1.29, 1.82) is 0 Å². The molecule has 0 aromatic heterocycles. The highest BCUT2D eigenvalue weighted by Gasteiger charge is 1.34. The smallest absolute Gasteiger partial charge is 0.0402 e. The van der Waals surface area contributed by atoms with Gasteiger partial charge in [0.05, 0.1) is 0 Å². The second kappa shape index (κ2) is 35.5. The molecule has 0 bridgehead atoms. The molecule has 0 amide bonds. The van der Waals surface area contributed by atoms with E-state index < -0.39 is 0 Å². The molecule has 0 heterocycles. The van der Waals surface area contributed by atoms with E-state index in [1.165, 1.54) is 0 Å². The number of hydrogen-bond acceptors (Lipinski definition) is 2. The first-order chi connectivity index (χ1) is 2.83. The Labute approximate surface area is 49.2 Å². The molecule has 0 aliphatic carbocycles. The maximum atomic E-state index is 7.57. The SMILES string of the molecule is CCO.CCO.[Si]. The molecule has 0 fully saturated rings. The van der Waals surface area contributed by atoms with E-state index in [-0.39, 0.29) is 24.2 Å². The third-order valence-electron chi connectivity index (χ3n) is 0. The van der Waals surface area contributed by atoms with Crippen LogP contribution in [0.3, 0.4) is 0 Å². The zero-order valence-corrected chi connectivity index (χ0v) is 5.81. The maximum Gasteiger partial charge on any atom is 0.0402 e. The fourth-order valence-electron chi connectivity index (χ4n) is 0. The van der Waals surface area contributed by atoms with Gasteiger partial charge in [-0.25, -0.2) is 0 Å². The van der Waals surface area contributed by atoms with Gasteiger partial charge in [0.2, 0.25) is 0 Å². The highest BCUT2D eigenvalue weighted by Crippen LogP contribution is 1.30. The van der Waals surface area contributed by atoms with Gasteiger partial charge in [0.25, 0.3) is 0 Å². The van der Waals surface area contributed by atoms with Gasteiger partial charge in [0, 0.05) is 24.2 Å². The molecular formula is C4H12O2Si. The summed E-state index contributed by atoms with van der Waals surface area (Å²) in [6.07, 6.45) is 0. The summed E-state index contributed by atoms with van der Waals surface area (Å²) in [7, 11) is 0. The van der Waals surface area contributed by atoms with Gasteiger partial charge in [0.1, 0.15) is 0 Å². The van der Waals surface area contributed by atoms with Crippen LogP contribution in [-0.4, -0.2) is 34.4 Å². The second-order valence-corrected chi connectivity index (χ2v) is 0.632. The standard InChI is InChI=1S/2C2H6O.Si/c2*1-2-3;/h2*3H,2H2,1H3;. The highest BCUT2D eigenvalue weighted by atomic mass is 28.1. The Hall–Kier alpha value is 0.137. The van der Waals surface area contributed by atoms with E-state index in [0.717, 1.165) is 0 Å². The average molecular weight is 120 g/mol. The lowest BCUT2D eigenvalue weighted by molar-refractivity contribution is 0.318. The molecule has 0 aliphatic rings. The van der Waals surface area contributed by atoms with Crippen LogP contribution in [0.1, 0.15) is 13.8 Å². The van der Waals surface area contributed by atoms with Crippen LogP contribution in [0.5, 0.6) is 0 Å². The molecule has 0 aromatic rings. The molecule has 7 heavy (non-hydrogen) atoms. The maximum absolute atomic E-state index is 7.57.